The molecule has 1 saturated carbocycles. The molecule has 0 amide bonds. The van der Waals surface area contributed by atoms with Crippen LogP contribution in [0.15, 0.2) is 91.0 Å². The molecule has 2 aliphatic rings. The van der Waals surface area contributed by atoms with Gasteiger partial charge in [-0.1, -0.05) is 91.0 Å². The Morgan fingerprint density at radius 2 is 1.34 bits per heavy atom. The molecule has 1 atom stereocenters. The van der Waals surface area contributed by atoms with Crippen molar-refractivity contribution >= 4 is 17.1 Å². The van der Waals surface area contributed by atoms with E-state index in [9.17, 15) is 4.79 Å². The molecular formula is C26H23NO2. The highest BCUT2D eigenvalue weighted by molar-refractivity contribution is 6.28. The second kappa shape index (κ2) is 7.34. The topological polar surface area (TPSA) is 38.3 Å². The summed E-state index contributed by atoms with van der Waals surface area (Å²) < 4.78 is 6.22. The molecule has 0 radical (unpaired) electrons. The van der Waals surface area contributed by atoms with E-state index in [1.165, 1.54) is 12.8 Å². The number of rotatable bonds is 6. The number of carbonyl (C=O) groups is 1. The van der Waals surface area contributed by atoms with Gasteiger partial charge in [0, 0.05) is 17.7 Å². The molecule has 1 heterocycles. The van der Waals surface area contributed by atoms with Crippen LogP contribution in [-0.4, -0.2) is 12.5 Å². The molecule has 3 heteroatoms. The standard InChI is InChI=1S/C26H23NO2/c28-25-23(20-10-4-1-5-11-20)24(21-12-6-2-7-13-21)26(29-25,27-18-19-16-17-19)22-14-8-3-9-15-22/h1-15,19,27H,16-18H2. The fourth-order valence-corrected chi connectivity index (χ4v) is 4.05. The van der Waals surface area contributed by atoms with Crippen molar-refractivity contribution in [1.29, 1.82) is 0 Å². The average molecular weight is 381 g/mol. The van der Waals surface area contributed by atoms with Crippen LogP contribution in [-0.2, 0) is 15.3 Å². The lowest BCUT2D eigenvalue weighted by Crippen LogP contribution is -2.45. The molecule has 1 unspecified atom stereocenters. The first-order valence-corrected chi connectivity index (χ1v) is 10.2. The van der Waals surface area contributed by atoms with E-state index in [0.29, 0.717) is 11.5 Å². The lowest BCUT2D eigenvalue weighted by atomic mass is 9.85. The normalized spacial score (nSPS) is 21.3. The van der Waals surface area contributed by atoms with Gasteiger partial charge >= 0.3 is 5.97 Å². The average Bonchev–Trinajstić information content (AvgIpc) is 3.56. The Bertz CT molecular complexity index is 1040. The number of hydrogen-bond acceptors (Lipinski definition) is 3. The van der Waals surface area contributed by atoms with Gasteiger partial charge in [0.15, 0.2) is 0 Å². The van der Waals surface area contributed by atoms with Gasteiger partial charge in [0.1, 0.15) is 0 Å². The van der Waals surface area contributed by atoms with Gasteiger partial charge in [0.05, 0.1) is 5.57 Å². The Hall–Kier alpha value is -3.17. The van der Waals surface area contributed by atoms with Crippen molar-refractivity contribution in [2.24, 2.45) is 5.92 Å². The molecule has 1 aliphatic carbocycles. The summed E-state index contributed by atoms with van der Waals surface area (Å²) in [5.41, 5.74) is 3.34. The second-order valence-electron chi connectivity index (χ2n) is 7.74. The maximum Gasteiger partial charge on any atom is 0.341 e. The van der Waals surface area contributed by atoms with E-state index >= 15 is 0 Å². The highest BCUT2D eigenvalue weighted by atomic mass is 16.6. The second-order valence-corrected chi connectivity index (χ2v) is 7.74. The maximum absolute atomic E-state index is 13.3. The molecule has 1 fully saturated rings. The van der Waals surface area contributed by atoms with Crippen molar-refractivity contribution in [3.63, 3.8) is 0 Å². The molecule has 29 heavy (non-hydrogen) atoms. The molecular weight excluding hydrogens is 358 g/mol. The number of ether oxygens (including phenoxy) is 1. The van der Waals surface area contributed by atoms with E-state index < -0.39 is 5.72 Å². The number of nitrogens with one attached hydrogen (secondary N) is 1. The molecule has 0 bridgehead atoms. The first kappa shape index (κ1) is 17.9. The summed E-state index contributed by atoms with van der Waals surface area (Å²) in [5, 5.41) is 3.65. The van der Waals surface area contributed by atoms with E-state index in [4.69, 9.17) is 4.74 Å². The smallest absolute Gasteiger partial charge is 0.341 e. The van der Waals surface area contributed by atoms with E-state index in [1.807, 2.05) is 78.9 Å². The molecule has 1 N–H and O–H groups in total. The molecule has 3 aromatic carbocycles. The lowest BCUT2D eigenvalue weighted by molar-refractivity contribution is -0.147. The summed E-state index contributed by atoms with van der Waals surface area (Å²) in [6.45, 7) is 0.820. The van der Waals surface area contributed by atoms with Gasteiger partial charge < -0.3 is 4.74 Å². The van der Waals surface area contributed by atoms with Crippen molar-refractivity contribution in [1.82, 2.24) is 5.32 Å². The van der Waals surface area contributed by atoms with Crippen LogP contribution in [0.25, 0.3) is 11.1 Å². The van der Waals surface area contributed by atoms with Crippen LogP contribution in [0.3, 0.4) is 0 Å². The van der Waals surface area contributed by atoms with Crippen LogP contribution in [0.1, 0.15) is 29.5 Å². The summed E-state index contributed by atoms with van der Waals surface area (Å²) in [7, 11) is 0. The van der Waals surface area contributed by atoms with Crippen molar-refractivity contribution in [3.8, 4) is 0 Å². The third-order valence-corrected chi connectivity index (χ3v) is 5.69. The first-order chi connectivity index (χ1) is 14.3. The SMILES string of the molecule is O=C1OC(NCC2CC2)(c2ccccc2)C(c2ccccc2)=C1c1ccccc1. The number of cyclic esters (lactones) is 1. The monoisotopic (exact) mass is 381 g/mol. The van der Waals surface area contributed by atoms with Crippen molar-refractivity contribution in [2.75, 3.05) is 6.54 Å². The van der Waals surface area contributed by atoms with Gasteiger partial charge in [-0.15, -0.1) is 0 Å². The number of esters is 1. The minimum atomic E-state index is -0.993. The predicted octanol–water partition coefficient (Wildman–Crippen LogP) is 5.01. The van der Waals surface area contributed by atoms with E-state index in [0.717, 1.165) is 28.8 Å². The summed E-state index contributed by atoms with van der Waals surface area (Å²) in [4.78, 5) is 13.3. The van der Waals surface area contributed by atoms with E-state index in [1.54, 1.807) is 0 Å². The third-order valence-electron chi connectivity index (χ3n) is 5.69. The zero-order valence-corrected chi connectivity index (χ0v) is 16.2. The minimum Gasteiger partial charge on any atom is -0.431 e. The lowest BCUT2D eigenvalue weighted by Gasteiger charge is -2.33. The summed E-state index contributed by atoms with van der Waals surface area (Å²) in [5.74, 6) is 0.356. The van der Waals surface area contributed by atoms with E-state index in [-0.39, 0.29) is 5.97 Å². The zero-order valence-electron chi connectivity index (χ0n) is 16.2. The minimum absolute atomic E-state index is 0.290. The van der Waals surface area contributed by atoms with Crippen molar-refractivity contribution < 1.29 is 9.53 Å². The predicted molar refractivity (Wildman–Crippen MR) is 115 cm³/mol. The Labute approximate surface area is 171 Å². The molecule has 144 valence electrons. The zero-order chi connectivity index (χ0) is 19.7. The number of hydrogen-bond donors (Lipinski definition) is 1. The molecule has 5 rings (SSSR count). The highest BCUT2D eigenvalue weighted by Crippen LogP contribution is 2.48. The maximum atomic E-state index is 13.3. The highest BCUT2D eigenvalue weighted by Gasteiger charge is 2.50. The van der Waals surface area contributed by atoms with Crippen LogP contribution < -0.4 is 5.32 Å². The molecule has 3 nitrogen and oxygen atoms in total. The Kier molecular flexibility index (Phi) is 4.53. The van der Waals surface area contributed by atoms with Crippen LogP contribution in [0, 0.1) is 5.92 Å². The van der Waals surface area contributed by atoms with Gasteiger partial charge in [0.25, 0.3) is 0 Å². The van der Waals surface area contributed by atoms with Gasteiger partial charge in [-0.25, -0.2) is 4.79 Å². The van der Waals surface area contributed by atoms with Crippen molar-refractivity contribution in [3.05, 3.63) is 108 Å². The van der Waals surface area contributed by atoms with Gasteiger partial charge in [-0.05, 0) is 29.9 Å². The number of benzene rings is 3. The summed E-state index contributed by atoms with van der Waals surface area (Å²) in [6.07, 6.45) is 2.45. The fraction of sp³-hybridized carbons (Fsp3) is 0.192. The van der Waals surface area contributed by atoms with E-state index in [2.05, 4.69) is 17.4 Å². The summed E-state index contributed by atoms with van der Waals surface area (Å²) >= 11 is 0. The first-order valence-electron chi connectivity index (χ1n) is 10.2. The number of carbonyl (C=O) groups excluding carboxylic acids is 1. The van der Waals surface area contributed by atoms with Crippen LogP contribution in [0.5, 0.6) is 0 Å². The summed E-state index contributed by atoms with van der Waals surface area (Å²) in [6, 6.07) is 30.0. The molecule has 0 spiro atoms. The quantitative estimate of drug-likeness (QED) is 0.610. The molecule has 1 aliphatic heterocycles. The van der Waals surface area contributed by atoms with Gasteiger partial charge in [0.2, 0.25) is 5.72 Å². The molecule has 0 aromatic heterocycles. The third kappa shape index (κ3) is 3.28. The van der Waals surface area contributed by atoms with Gasteiger partial charge in [-0.2, -0.15) is 0 Å². The van der Waals surface area contributed by atoms with Crippen molar-refractivity contribution in [2.45, 2.75) is 18.6 Å². The molecule has 3 aromatic rings. The Morgan fingerprint density at radius 1 is 0.793 bits per heavy atom. The van der Waals surface area contributed by atoms with Crippen LogP contribution in [0.2, 0.25) is 0 Å². The fourth-order valence-electron chi connectivity index (χ4n) is 4.05. The Morgan fingerprint density at radius 3 is 1.93 bits per heavy atom. The van der Waals surface area contributed by atoms with Crippen LogP contribution in [0.4, 0.5) is 0 Å². The Balaban J connectivity index is 1.76. The van der Waals surface area contributed by atoms with Crippen LogP contribution >= 0.6 is 0 Å². The largest absolute Gasteiger partial charge is 0.431 e. The van der Waals surface area contributed by atoms with Gasteiger partial charge in [-0.3, -0.25) is 5.32 Å². The molecule has 0 saturated heterocycles.